The summed E-state index contributed by atoms with van der Waals surface area (Å²) in [7, 11) is 0. The van der Waals surface area contributed by atoms with Crippen molar-refractivity contribution in [1.82, 2.24) is 14.6 Å². The molecule has 0 amide bonds. The van der Waals surface area contributed by atoms with Crippen molar-refractivity contribution in [3.05, 3.63) is 33.9 Å². The molecule has 0 aromatic carbocycles. The van der Waals surface area contributed by atoms with Gasteiger partial charge in [0.15, 0.2) is 5.65 Å². The van der Waals surface area contributed by atoms with Crippen molar-refractivity contribution in [2.45, 2.75) is 20.3 Å². The third kappa shape index (κ3) is 1.24. The van der Waals surface area contributed by atoms with Crippen LogP contribution in [0.5, 0.6) is 0 Å². The molecule has 2 aromatic rings. The van der Waals surface area contributed by atoms with Gasteiger partial charge in [-0.1, -0.05) is 6.92 Å². The SMILES string of the molecule is CCc1cc2nc(C)cc(=O)n2[nH]1. The van der Waals surface area contributed by atoms with E-state index in [0.717, 1.165) is 17.8 Å². The molecule has 13 heavy (non-hydrogen) atoms. The van der Waals surface area contributed by atoms with E-state index in [1.165, 1.54) is 10.6 Å². The molecule has 2 aromatic heterocycles. The van der Waals surface area contributed by atoms with Crippen LogP contribution in [0.3, 0.4) is 0 Å². The highest BCUT2D eigenvalue weighted by molar-refractivity contribution is 5.39. The normalized spacial score (nSPS) is 10.9. The maximum Gasteiger partial charge on any atom is 0.272 e. The molecular weight excluding hydrogens is 166 g/mol. The molecule has 0 saturated heterocycles. The maximum atomic E-state index is 11.4. The molecule has 0 aliphatic carbocycles. The molecule has 0 bridgehead atoms. The molecule has 1 N–H and O–H groups in total. The van der Waals surface area contributed by atoms with E-state index in [0.29, 0.717) is 5.65 Å². The Labute approximate surface area is 75.2 Å². The number of rotatable bonds is 1. The lowest BCUT2D eigenvalue weighted by Gasteiger charge is -1.92. The molecule has 0 unspecified atom stereocenters. The number of hydrogen-bond acceptors (Lipinski definition) is 2. The smallest absolute Gasteiger partial charge is 0.272 e. The molecule has 2 heterocycles. The van der Waals surface area contributed by atoms with E-state index >= 15 is 0 Å². The molecule has 4 nitrogen and oxygen atoms in total. The summed E-state index contributed by atoms with van der Waals surface area (Å²) in [5.41, 5.74) is 2.42. The van der Waals surface area contributed by atoms with Crippen LogP contribution in [0.1, 0.15) is 18.3 Å². The summed E-state index contributed by atoms with van der Waals surface area (Å²) in [4.78, 5) is 15.7. The van der Waals surface area contributed by atoms with Gasteiger partial charge in [-0.25, -0.2) is 9.50 Å². The molecule has 0 aliphatic rings. The van der Waals surface area contributed by atoms with Gasteiger partial charge in [-0.3, -0.25) is 9.89 Å². The van der Waals surface area contributed by atoms with Crippen LogP contribution in [0.2, 0.25) is 0 Å². The Hall–Kier alpha value is -1.58. The van der Waals surface area contributed by atoms with Gasteiger partial charge >= 0.3 is 0 Å². The summed E-state index contributed by atoms with van der Waals surface area (Å²) in [5.74, 6) is 0. The number of fused-ring (bicyclic) bond motifs is 1. The minimum atomic E-state index is -0.0535. The quantitative estimate of drug-likeness (QED) is 0.703. The zero-order valence-corrected chi connectivity index (χ0v) is 7.66. The molecule has 0 spiro atoms. The van der Waals surface area contributed by atoms with Crippen molar-refractivity contribution >= 4 is 5.65 Å². The number of H-pyrrole nitrogens is 1. The minimum absolute atomic E-state index is 0.0535. The Kier molecular flexibility index (Phi) is 1.69. The topological polar surface area (TPSA) is 50.2 Å². The molecule has 0 saturated carbocycles. The van der Waals surface area contributed by atoms with E-state index in [-0.39, 0.29) is 5.56 Å². The second-order valence-corrected chi connectivity index (χ2v) is 3.06. The molecule has 68 valence electrons. The fraction of sp³-hybridized carbons (Fsp3) is 0.333. The third-order valence-corrected chi connectivity index (χ3v) is 2.01. The van der Waals surface area contributed by atoms with E-state index in [1.54, 1.807) is 0 Å². The van der Waals surface area contributed by atoms with Crippen LogP contribution in [-0.2, 0) is 6.42 Å². The van der Waals surface area contributed by atoms with Crippen molar-refractivity contribution in [2.75, 3.05) is 0 Å². The van der Waals surface area contributed by atoms with E-state index in [9.17, 15) is 4.79 Å². The van der Waals surface area contributed by atoms with Gasteiger partial charge in [0.25, 0.3) is 5.56 Å². The first kappa shape index (κ1) is 8.04. The Balaban J connectivity index is 2.83. The molecule has 2 rings (SSSR count). The highest BCUT2D eigenvalue weighted by atomic mass is 16.1. The van der Waals surface area contributed by atoms with Crippen molar-refractivity contribution in [3.63, 3.8) is 0 Å². The third-order valence-electron chi connectivity index (χ3n) is 2.01. The number of hydrogen-bond donors (Lipinski definition) is 1. The van der Waals surface area contributed by atoms with Crippen molar-refractivity contribution in [1.29, 1.82) is 0 Å². The second-order valence-electron chi connectivity index (χ2n) is 3.06. The lowest BCUT2D eigenvalue weighted by atomic mass is 10.3. The average molecular weight is 177 g/mol. The summed E-state index contributed by atoms with van der Waals surface area (Å²) >= 11 is 0. The molecule has 0 radical (unpaired) electrons. The van der Waals surface area contributed by atoms with E-state index in [2.05, 4.69) is 10.1 Å². The second kappa shape index (κ2) is 2.73. The van der Waals surface area contributed by atoms with Gasteiger partial charge in [-0.05, 0) is 13.3 Å². The maximum absolute atomic E-state index is 11.4. The fourth-order valence-corrected chi connectivity index (χ4v) is 1.34. The van der Waals surface area contributed by atoms with Crippen LogP contribution in [0.25, 0.3) is 5.65 Å². The Morgan fingerprint density at radius 1 is 1.54 bits per heavy atom. The Morgan fingerprint density at radius 2 is 2.31 bits per heavy atom. The number of nitrogens with one attached hydrogen (secondary N) is 1. The zero-order valence-electron chi connectivity index (χ0n) is 7.66. The van der Waals surface area contributed by atoms with Gasteiger partial charge in [-0.15, -0.1) is 0 Å². The van der Waals surface area contributed by atoms with Gasteiger partial charge in [0.2, 0.25) is 0 Å². The molecule has 0 fully saturated rings. The number of nitrogens with zero attached hydrogens (tertiary/aromatic N) is 2. The van der Waals surface area contributed by atoms with Crippen LogP contribution in [-0.4, -0.2) is 14.6 Å². The Morgan fingerprint density at radius 3 is 3.00 bits per heavy atom. The van der Waals surface area contributed by atoms with Crippen LogP contribution in [0, 0.1) is 6.92 Å². The van der Waals surface area contributed by atoms with Gasteiger partial charge in [0.05, 0.1) is 0 Å². The highest BCUT2D eigenvalue weighted by Crippen LogP contribution is 2.02. The van der Waals surface area contributed by atoms with Crippen LogP contribution >= 0.6 is 0 Å². The van der Waals surface area contributed by atoms with Crippen molar-refractivity contribution < 1.29 is 0 Å². The average Bonchev–Trinajstić information content (AvgIpc) is 2.47. The van der Waals surface area contributed by atoms with E-state index in [4.69, 9.17) is 0 Å². The first-order chi connectivity index (χ1) is 6.20. The lowest BCUT2D eigenvalue weighted by molar-refractivity contribution is 0.852. The van der Waals surface area contributed by atoms with Crippen molar-refractivity contribution in [2.24, 2.45) is 0 Å². The van der Waals surface area contributed by atoms with Crippen LogP contribution in [0.4, 0.5) is 0 Å². The minimum Gasteiger partial charge on any atom is -0.294 e. The van der Waals surface area contributed by atoms with Gasteiger partial charge < -0.3 is 0 Å². The summed E-state index contributed by atoms with van der Waals surface area (Å²) in [5, 5.41) is 2.98. The summed E-state index contributed by atoms with van der Waals surface area (Å²) < 4.78 is 1.46. The predicted octanol–water partition coefficient (Wildman–Crippen LogP) is 0.893. The number of aromatic nitrogens is 3. The standard InChI is InChI=1S/C9H11N3O/c1-3-7-5-8-10-6(2)4-9(13)12(8)11-7/h4-5,11H,3H2,1-2H3. The highest BCUT2D eigenvalue weighted by Gasteiger charge is 2.02. The Bertz CT molecular complexity index is 495. The largest absolute Gasteiger partial charge is 0.294 e. The number of aromatic amines is 1. The summed E-state index contributed by atoms with van der Waals surface area (Å²) in [6, 6.07) is 3.41. The molecular formula is C9H11N3O. The zero-order chi connectivity index (χ0) is 9.42. The fourth-order valence-electron chi connectivity index (χ4n) is 1.34. The van der Waals surface area contributed by atoms with Gasteiger partial charge in [0.1, 0.15) is 0 Å². The first-order valence-corrected chi connectivity index (χ1v) is 4.29. The molecule has 0 aliphatic heterocycles. The van der Waals surface area contributed by atoms with Crippen LogP contribution in [0.15, 0.2) is 16.9 Å². The van der Waals surface area contributed by atoms with Gasteiger partial charge in [-0.2, -0.15) is 0 Å². The van der Waals surface area contributed by atoms with E-state index < -0.39 is 0 Å². The monoisotopic (exact) mass is 177 g/mol. The molecule has 4 heteroatoms. The summed E-state index contributed by atoms with van der Waals surface area (Å²) in [6.45, 7) is 3.85. The first-order valence-electron chi connectivity index (χ1n) is 4.29. The van der Waals surface area contributed by atoms with Gasteiger partial charge in [0, 0.05) is 23.5 Å². The summed E-state index contributed by atoms with van der Waals surface area (Å²) in [6.07, 6.45) is 0.877. The number of aryl methyl sites for hydroxylation is 2. The van der Waals surface area contributed by atoms with E-state index in [1.807, 2.05) is 19.9 Å². The van der Waals surface area contributed by atoms with Crippen molar-refractivity contribution in [3.8, 4) is 0 Å². The molecule has 0 atom stereocenters. The van der Waals surface area contributed by atoms with Crippen LogP contribution < -0.4 is 5.56 Å². The lowest BCUT2D eigenvalue weighted by Crippen LogP contribution is -2.14. The predicted molar refractivity (Wildman–Crippen MR) is 49.9 cm³/mol.